The van der Waals surface area contributed by atoms with Crippen molar-refractivity contribution in [2.75, 3.05) is 6.61 Å². The van der Waals surface area contributed by atoms with Gasteiger partial charge in [-0.15, -0.1) is 11.3 Å². The lowest BCUT2D eigenvalue weighted by Gasteiger charge is -2.16. The molecule has 4 heteroatoms. The van der Waals surface area contributed by atoms with E-state index in [0.717, 1.165) is 22.0 Å². The van der Waals surface area contributed by atoms with E-state index in [9.17, 15) is 0 Å². The number of benzene rings is 1. The maximum absolute atomic E-state index is 6.37. The molecule has 108 valence electrons. The standard InChI is InChI=1S/C16H22N2OS/c1-5-19-12-9-7-6-8-11(12)14(17)15-18-13(10-20-15)16(2,3)4/h6-10,14H,5,17H2,1-4H3. The van der Waals surface area contributed by atoms with Crippen LogP contribution < -0.4 is 10.5 Å². The third-order valence-electron chi connectivity index (χ3n) is 3.11. The summed E-state index contributed by atoms with van der Waals surface area (Å²) in [6.45, 7) is 9.08. The summed E-state index contributed by atoms with van der Waals surface area (Å²) in [7, 11) is 0. The van der Waals surface area contributed by atoms with Crippen LogP contribution in [-0.4, -0.2) is 11.6 Å². The molecule has 2 aromatic rings. The Morgan fingerprint density at radius 1 is 1.30 bits per heavy atom. The van der Waals surface area contributed by atoms with Crippen molar-refractivity contribution >= 4 is 11.3 Å². The van der Waals surface area contributed by atoms with Crippen molar-refractivity contribution in [3.8, 4) is 5.75 Å². The van der Waals surface area contributed by atoms with Crippen LogP contribution in [0.5, 0.6) is 5.75 Å². The highest BCUT2D eigenvalue weighted by atomic mass is 32.1. The van der Waals surface area contributed by atoms with Gasteiger partial charge in [0.2, 0.25) is 0 Å². The van der Waals surface area contributed by atoms with Crippen molar-refractivity contribution in [1.82, 2.24) is 4.98 Å². The zero-order valence-electron chi connectivity index (χ0n) is 12.5. The van der Waals surface area contributed by atoms with E-state index in [2.05, 4.69) is 26.2 Å². The Labute approximate surface area is 124 Å². The Bertz CT molecular complexity index is 572. The first kappa shape index (κ1) is 15.0. The molecular formula is C16H22N2OS. The molecule has 0 amide bonds. The van der Waals surface area contributed by atoms with E-state index < -0.39 is 0 Å². The van der Waals surface area contributed by atoms with Gasteiger partial charge >= 0.3 is 0 Å². The molecule has 0 aliphatic carbocycles. The number of nitrogens with zero attached hydrogens (tertiary/aromatic N) is 1. The smallest absolute Gasteiger partial charge is 0.124 e. The Morgan fingerprint density at radius 2 is 2.00 bits per heavy atom. The summed E-state index contributed by atoms with van der Waals surface area (Å²) >= 11 is 1.61. The van der Waals surface area contributed by atoms with Crippen LogP contribution in [0.1, 0.15) is 50.0 Å². The van der Waals surface area contributed by atoms with Crippen LogP contribution in [0.4, 0.5) is 0 Å². The SMILES string of the molecule is CCOc1ccccc1C(N)c1nc(C(C)(C)C)cs1. The van der Waals surface area contributed by atoms with Gasteiger partial charge < -0.3 is 10.5 Å². The second-order valence-corrected chi connectivity index (χ2v) is 6.66. The van der Waals surface area contributed by atoms with Crippen LogP contribution >= 0.6 is 11.3 Å². The molecule has 0 aliphatic heterocycles. The molecule has 0 bridgehead atoms. The summed E-state index contributed by atoms with van der Waals surface area (Å²) in [5.41, 5.74) is 8.50. The van der Waals surface area contributed by atoms with Gasteiger partial charge in [-0.2, -0.15) is 0 Å². The van der Waals surface area contributed by atoms with Crippen molar-refractivity contribution in [3.05, 3.63) is 45.9 Å². The van der Waals surface area contributed by atoms with Crippen LogP contribution in [-0.2, 0) is 5.41 Å². The molecule has 0 radical (unpaired) electrons. The van der Waals surface area contributed by atoms with Gasteiger partial charge in [-0.1, -0.05) is 39.0 Å². The lowest BCUT2D eigenvalue weighted by Crippen LogP contribution is -2.15. The fraction of sp³-hybridized carbons (Fsp3) is 0.438. The third-order valence-corrected chi connectivity index (χ3v) is 4.04. The number of thiazole rings is 1. The molecule has 1 aromatic heterocycles. The van der Waals surface area contributed by atoms with E-state index >= 15 is 0 Å². The number of nitrogens with two attached hydrogens (primary N) is 1. The van der Waals surface area contributed by atoms with Crippen molar-refractivity contribution < 1.29 is 4.74 Å². The predicted molar refractivity (Wildman–Crippen MR) is 84.5 cm³/mol. The van der Waals surface area contributed by atoms with Gasteiger partial charge in [0, 0.05) is 16.4 Å². The van der Waals surface area contributed by atoms with Crippen molar-refractivity contribution in [2.24, 2.45) is 5.73 Å². The summed E-state index contributed by atoms with van der Waals surface area (Å²) in [6.07, 6.45) is 0. The summed E-state index contributed by atoms with van der Waals surface area (Å²) in [5.74, 6) is 0.843. The lowest BCUT2D eigenvalue weighted by atomic mass is 9.93. The highest BCUT2D eigenvalue weighted by molar-refractivity contribution is 7.09. The average Bonchev–Trinajstić information content (AvgIpc) is 2.88. The number of aromatic nitrogens is 1. The zero-order valence-corrected chi connectivity index (χ0v) is 13.3. The molecule has 1 unspecified atom stereocenters. The van der Waals surface area contributed by atoms with Crippen LogP contribution in [0.2, 0.25) is 0 Å². The minimum atomic E-state index is -0.237. The molecule has 3 nitrogen and oxygen atoms in total. The van der Waals surface area contributed by atoms with E-state index in [1.54, 1.807) is 11.3 Å². The Kier molecular flexibility index (Phi) is 4.45. The maximum Gasteiger partial charge on any atom is 0.124 e. The minimum Gasteiger partial charge on any atom is -0.494 e. The Balaban J connectivity index is 2.32. The molecule has 1 heterocycles. The minimum absolute atomic E-state index is 0.0495. The lowest BCUT2D eigenvalue weighted by molar-refractivity contribution is 0.335. The van der Waals surface area contributed by atoms with E-state index in [1.165, 1.54) is 0 Å². The van der Waals surface area contributed by atoms with Gasteiger partial charge in [-0.05, 0) is 13.0 Å². The average molecular weight is 290 g/mol. The number of hydrogen-bond acceptors (Lipinski definition) is 4. The van der Waals surface area contributed by atoms with Crippen molar-refractivity contribution in [2.45, 2.75) is 39.2 Å². The molecule has 0 saturated carbocycles. The molecule has 1 atom stereocenters. The number of rotatable bonds is 4. The van der Waals surface area contributed by atoms with Gasteiger partial charge in [0.05, 0.1) is 18.3 Å². The van der Waals surface area contributed by atoms with Crippen molar-refractivity contribution in [1.29, 1.82) is 0 Å². The summed E-state index contributed by atoms with van der Waals surface area (Å²) < 4.78 is 5.65. The monoisotopic (exact) mass is 290 g/mol. The highest BCUT2D eigenvalue weighted by Crippen LogP contribution is 2.32. The highest BCUT2D eigenvalue weighted by Gasteiger charge is 2.22. The number of ether oxygens (including phenoxy) is 1. The largest absolute Gasteiger partial charge is 0.494 e. The maximum atomic E-state index is 6.37. The number of hydrogen-bond donors (Lipinski definition) is 1. The molecule has 0 fully saturated rings. The van der Waals surface area contributed by atoms with Crippen LogP contribution in [0.3, 0.4) is 0 Å². The first-order valence-corrected chi connectivity index (χ1v) is 7.74. The normalized spacial score (nSPS) is 13.2. The van der Waals surface area contributed by atoms with E-state index in [4.69, 9.17) is 15.5 Å². The predicted octanol–water partition coefficient (Wildman–Crippen LogP) is 3.89. The Hall–Kier alpha value is -1.39. The topological polar surface area (TPSA) is 48.1 Å². The summed E-state index contributed by atoms with van der Waals surface area (Å²) in [4.78, 5) is 4.70. The van der Waals surface area contributed by atoms with Crippen molar-refractivity contribution in [3.63, 3.8) is 0 Å². The molecule has 20 heavy (non-hydrogen) atoms. The summed E-state index contributed by atoms with van der Waals surface area (Å²) in [6, 6.07) is 7.67. The second-order valence-electron chi connectivity index (χ2n) is 5.77. The van der Waals surface area contributed by atoms with Crippen LogP contribution in [0.15, 0.2) is 29.6 Å². The first-order chi connectivity index (χ1) is 9.43. The van der Waals surface area contributed by atoms with Gasteiger partial charge in [0.25, 0.3) is 0 Å². The molecule has 0 saturated heterocycles. The fourth-order valence-electron chi connectivity index (χ4n) is 1.93. The molecule has 2 rings (SSSR count). The van der Waals surface area contributed by atoms with E-state index in [1.807, 2.05) is 31.2 Å². The van der Waals surface area contributed by atoms with Crippen LogP contribution in [0.25, 0.3) is 0 Å². The van der Waals surface area contributed by atoms with Gasteiger partial charge in [-0.3, -0.25) is 0 Å². The quantitative estimate of drug-likeness (QED) is 0.929. The number of para-hydroxylation sites is 1. The van der Waals surface area contributed by atoms with Gasteiger partial charge in [0.15, 0.2) is 0 Å². The molecule has 2 N–H and O–H groups in total. The van der Waals surface area contributed by atoms with E-state index in [-0.39, 0.29) is 11.5 Å². The molecular weight excluding hydrogens is 268 g/mol. The van der Waals surface area contributed by atoms with E-state index in [0.29, 0.717) is 6.61 Å². The second kappa shape index (κ2) is 5.94. The first-order valence-electron chi connectivity index (χ1n) is 6.86. The third kappa shape index (κ3) is 3.19. The van der Waals surface area contributed by atoms with Gasteiger partial charge in [-0.25, -0.2) is 4.98 Å². The molecule has 0 spiro atoms. The molecule has 0 aliphatic rings. The van der Waals surface area contributed by atoms with Gasteiger partial charge in [0.1, 0.15) is 10.8 Å². The van der Waals surface area contributed by atoms with Crippen LogP contribution in [0, 0.1) is 0 Å². The molecule has 1 aromatic carbocycles. The Morgan fingerprint density at radius 3 is 2.60 bits per heavy atom. The zero-order chi connectivity index (χ0) is 14.8. The fourth-order valence-corrected chi connectivity index (χ4v) is 3.00. The summed E-state index contributed by atoms with van der Waals surface area (Å²) in [5, 5.41) is 3.03.